The molecule has 20 heavy (non-hydrogen) atoms. The van der Waals surface area contributed by atoms with Crippen molar-refractivity contribution in [1.82, 2.24) is 5.32 Å². The van der Waals surface area contributed by atoms with Crippen LogP contribution in [0.25, 0.3) is 0 Å². The van der Waals surface area contributed by atoms with Gasteiger partial charge in [0.05, 0.1) is 5.60 Å². The summed E-state index contributed by atoms with van der Waals surface area (Å²) in [5.41, 5.74) is 1.48. The molecule has 2 fully saturated rings. The molecule has 1 unspecified atom stereocenters. The summed E-state index contributed by atoms with van der Waals surface area (Å²) >= 11 is 0. The summed E-state index contributed by atoms with van der Waals surface area (Å²) in [4.78, 5) is 2.49. The van der Waals surface area contributed by atoms with Crippen molar-refractivity contribution >= 4 is 5.69 Å². The van der Waals surface area contributed by atoms with Gasteiger partial charge in [0, 0.05) is 31.4 Å². The zero-order valence-electron chi connectivity index (χ0n) is 12.5. The fourth-order valence-corrected chi connectivity index (χ4v) is 3.65. The first kappa shape index (κ1) is 13.9. The lowest BCUT2D eigenvalue weighted by Crippen LogP contribution is -2.53. The molecule has 2 aliphatic rings. The van der Waals surface area contributed by atoms with Crippen molar-refractivity contribution in [3.05, 3.63) is 30.3 Å². The van der Waals surface area contributed by atoms with Gasteiger partial charge < -0.3 is 15.0 Å². The molecule has 1 atom stereocenters. The van der Waals surface area contributed by atoms with Crippen LogP contribution in [0.15, 0.2) is 30.3 Å². The maximum atomic E-state index is 6.20. The van der Waals surface area contributed by atoms with E-state index in [2.05, 4.69) is 47.5 Å². The minimum atomic E-state index is 0.135. The van der Waals surface area contributed by atoms with Crippen molar-refractivity contribution in [3.63, 3.8) is 0 Å². The van der Waals surface area contributed by atoms with Gasteiger partial charge in [-0.05, 0) is 44.4 Å². The normalized spacial score (nSPS) is 25.9. The van der Waals surface area contributed by atoms with Crippen molar-refractivity contribution < 1.29 is 4.74 Å². The number of rotatable bonds is 3. The topological polar surface area (TPSA) is 24.5 Å². The van der Waals surface area contributed by atoms with Gasteiger partial charge in [0.1, 0.15) is 0 Å². The van der Waals surface area contributed by atoms with E-state index < -0.39 is 0 Å². The van der Waals surface area contributed by atoms with Crippen LogP contribution in [0.5, 0.6) is 0 Å². The van der Waals surface area contributed by atoms with Crippen molar-refractivity contribution in [2.75, 3.05) is 31.1 Å². The molecule has 0 radical (unpaired) electrons. The summed E-state index contributed by atoms with van der Waals surface area (Å²) in [5, 5.41) is 3.61. The molecule has 3 heteroatoms. The minimum absolute atomic E-state index is 0.135. The van der Waals surface area contributed by atoms with E-state index in [-0.39, 0.29) is 5.60 Å². The third-order valence-corrected chi connectivity index (χ3v) is 4.78. The quantitative estimate of drug-likeness (QED) is 0.917. The second-order valence-corrected chi connectivity index (χ2v) is 6.10. The Morgan fingerprint density at radius 2 is 2.00 bits per heavy atom. The number of hydrogen-bond acceptors (Lipinski definition) is 3. The Balaban J connectivity index is 1.60. The highest BCUT2D eigenvalue weighted by atomic mass is 16.5. The number of benzene rings is 1. The van der Waals surface area contributed by atoms with Gasteiger partial charge in [-0.1, -0.05) is 25.1 Å². The molecule has 0 bridgehead atoms. The van der Waals surface area contributed by atoms with Crippen LogP contribution in [0.2, 0.25) is 0 Å². The monoisotopic (exact) mass is 274 g/mol. The number of hydrogen-bond donors (Lipinski definition) is 1. The molecule has 3 nitrogen and oxygen atoms in total. The third-order valence-electron chi connectivity index (χ3n) is 4.78. The van der Waals surface area contributed by atoms with Gasteiger partial charge in [0.2, 0.25) is 0 Å². The largest absolute Gasteiger partial charge is 0.375 e. The number of piperidine rings is 1. The molecule has 0 amide bonds. The Hall–Kier alpha value is -1.06. The van der Waals surface area contributed by atoms with Gasteiger partial charge in [0.25, 0.3) is 0 Å². The van der Waals surface area contributed by atoms with E-state index in [1.54, 1.807) is 0 Å². The number of nitrogens with zero attached hydrogens (tertiary/aromatic N) is 1. The van der Waals surface area contributed by atoms with Gasteiger partial charge >= 0.3 is 0 Å². The highest BCUT2D eigenvalue weighted by Crippen LogP contribution is 2.36. The van der Waals surface area contributed by atoms with E-state index in [9.17, 15) is 0 Å². The highest BCUT2D eigenvalue weighted by molar-refractivity contribution is 5.46. The summed E-state index contributed by atoms with van der Waals surface area (Å²) in [7, 11) is 0. The second kappa shape index (κ2) is 6.15. The summed E-state index contributed by atoms with van der Waals surface area (Å²) < 4.78 is 6.20. The molecule has 1 N–H and O–H groups in total. The zero-order valence-corrected chi connectivity index (χ0v) is 12.5. The molecule has 1 aromatic rings. The van der Waals surface area contributed by atoms with Crippen LogP contribution in [0, 0.1) is 0 Å². The Kier molecular flexibility index (Phi) is 4.27. The smallest absolute Gasteiger partial charge is 0.0731 e. The van der Waals surface area contributed by atoms with E-state index in [4.69, 9.17) is 4.74 Å². The lowest BCUT2D eigenvalue weighted by molar-refractivity contribution is -0.102. The van der Waals surface area contributed by atoms with Crippen molar-refractivity contribution in [2.45, 2.75) is 44.2 Å². The molecule has 2 saturated heterocycles. The van der Waals surface area contributed by atoms with Crippen LogP contribution < -0.4 is 10.2 Å². The van der Waals surface area contributed by atoms with E-state index in [1.165, 1.54) is 12.1 Å². The molecule has 110 valence electrons. The lowest BCUT2D eigenvalue weighted by Gasteiger charge is -2.47. The molecular formula is C17H26N2O. The fourth-order valence-electron chi connectivity index (χ4n) is 3.65. The Morgan fingerprint density at radius 1 is 1.25 bits per heavy atom. The first-order valence-corrected chi connectivity index (χ1v) is 7.99. The van der Waals surface area contributed by atoms with Crippen LogP contribution >= 0.6 is 0 Å². The van der Waals surface area contributed by atoms with Gasteiger partial charge in [-0.3, -0.25) is 0 Å². The second-order valence-electron chi connectivity index (χ2n) is 6.10. The van der Waals surface area contributed by atoms with Crippen LogP contribution in [0.1, 0.15) is 32.6 Å². The van der Waals surface area contributed by atoms with Crippen molar-refractivity contribution in [1.29, 1.82) is 0 Å². The number of anilines is 1. The number of nitrogens with one attached hydrogen (secondary N) is 1. The van der Waals surface area contributed by atoms with Gasteiger partial charge in [-0.2, -0.15) is 0 Å². The molecule has 1 aromatic carbocycles. The molecular weight excluding hydrogens is 248 g/mol. The van der Waals surface area contributed by atoms with Crippen molar-refractivity contribution in [3.8, 4) is 0 Å². The van der Waals surface area contributed by atoms with Gasteiger partial charge in [0.15, 0.2) is 0 Å². The Morgan fingerprint density at radius 3 is 2.70 bits per heavy atom. The fraction of sp³-hybridized carbons (Fsp3) is 0.647. The maximum absolute atomic E-state index is 6.20. The summed E-state index contributed by atoms with van der Waals surface area (Å²) in [6, 6.07) is 11.4. The molecule has 3 rings (SSSR count). The van der Waals surface area contributed by atoms with Crippen molar-refractivity contribution in [2.24, 2.45) is 0 Å². The SMILES string of the molecule is CCNC1CCOC2(CCN(c3ccccc3)CC2)C1. The average Bonchev–Trinajstić information content (AvgIpc) is 2.49. The lowest BCUT2D eigenvalue weighted by atomic mass is 9.82. The predicted molar refractivity (Wildman–Crippen MR) is 83.3 cm³/mol. The van der Waals surface area contributed by atoms with E-state index >= 15 is 0 Å². The van der Waals surface area contributed by atoms with Crippen LogP contribution in [0.4, 0.5) is 5.69 Å². The summed E-state index contributed by atoms with van der Waals surface area (Å²) in [6.07, 6.45) is 4.66. The zero-order chi connectivity index (χ0) is 13.8. The van der Waals surface area contributed by atoms with Crippen LogP contribution in [0.3, 0.4) is 0 Å². The van der Waals surface area contributed by atoms with E-state index in [0.717, 1.165) is 45.5 Å². The maximum Gasteiger partial charge on any atom is 0.0731 e. The van der Waals surface area contributed by atoms with E-state index in [1.807, 2.05) is 0 Å². The summed E-state index contributed by atoms with van der Waals surface area (Å²) in [5.74, 6) is 0. The van der Waals surface area contributed by atoms with E-state index in [0.29, 0.717) is 6.04 Å². The molecule has 2 heterocycles. The minimum Gasteiger partial charge on any atom is -0.375 e. The standard InChI is InChI=1S/C17H26N2O/c1-2-18-15-8-13-20-17(14-15)9-11-19(12-10-17)16-6-4-3-5-7-16/h3-7,15,18H,2,8-14H2,1H3. The average molecular weight is 274 g/mol. The highest BCUT2D eigenvalue weighted by Gasteiger charge is 2.40. The molecule has 0 aromatic heterocycles. The van der Waals surface area contributed by atoms with Gasteiger partial charge in [-0.25, -0.2) is 0 Å². The van der Waals surface area contributed by atoms with Crippen LogP contribution in [-0.4, -0.2) is 37.9 Å². The first-order valence-electron chi connectivity index (χ1n) is 7.99. The third kappa shape index (κ3) is 2.99. The van der Waals surface area contributed by atoms with Gasteiger partial charge in [-0.15, -0.1) is 0 Å². The Bertz CT molecular complexity index is 410. The first-order chi connectivity index (χ1) is 9.81. The molecule has 2 aliphatic heterocycles. The molecule has 0 saturated carbocycles. The van der Waals surface area contributed by atoms with Crippen LogP contribution in [-0.2, 0) is 4.74 Å². The molecule has 1 spiro atoms. The number of para-hydroxylation sites is 1. The number of ether oxygens (including phenoxy) is 1. The summed E-state index contributed by atoms with van der Waals surface area (Å²) in [6.45, 7) is 6.41. The predicted octanol–water partition coefficient (Wildman–Crippen LogP) is 2.81. The molecule has 0 aliphatic carbocycles. The Labute approximate surface area is 122 Å².